The molecule has 0 aromatic rings. The molecule has 0 aromatic heterocycles. The Labute approximate surface area is 135 Å². The second-order valence-corrected chi connectivity index (χ2v) is 6.12. The molecule has 1 heterocycles. The average molecular weight is 336 g/mol. The lowest BCUT2D eigenvalue weighted by molar-refractivity contribution is -0.351. The highest BCUT2D eigenvalue weighted by atomic mass is 16.7. The second-order valence-electron chi connectivity index (χ2n) is 6.12. The first-order valence-electron chi connectivity index (χ1n) is 8.09. The Morgan fingerprint density at radius 1 is 0.957 bits per heavy atom. The molecule has 1 rings (SSSR count). The van der Waals surface area contributed by atoms with Crippen LogP contribution < -0.4 is 0 Å². The van der Waals surface area contributed by atoms with E-state index in [0.29, 0.717) is 12.8 Å². The topological polar surface area (TPSA) is 148 Å². The number of aliphatic hydroxyl groups is 5. The quantitative estimate of drug-likeness (QED) is 0.288. The molecular formula is C15H28O8. The van der Waals surface area contributed by atoms with E-state index in [1.807, 2.05) is 0 Å². The van der Waals surface area contributed by atoms with Crippen LogP contribution in [0.4, 0.5) is 0 Å². The molecule has 8 nitrogen and oxygen atoms in total. The van der Waals surface area contributed by atoms with Crippen LogP contribution in [0.25, 0.3) is 0 Å². The fourth-order valence-electron chi connectivity index (χ4n) is 2.79. The van der Waals surface area contributed by atoms with Gasteiger partial charge in [-0.2, -0.15) is 0 Å². The van der Waals surface area contributed by atoms with E-state index in [-0.39, 0.29) is 12.8 Å². The zero-order valence-electron chi connectivity index (χ0n) is 13.2. The van der Waals surface area contributed by atoms with Crippen molar-refractivity contribution in [1.29, 1.82) is 0 Å². The average Bonchev–Trinajstić information content (AvgIpc) is 2.51. The number of hydrogen-bond donors (Lipinski definition) is 6. The van der Waals surface area contributed by atoms with Crippen molar-refractivity contribution in [2.45, 2.75) is 81.6 Å². The maximum atomic E-state index is 10.4. The highest BCUT2D eigenvalue weighted by Crippen LogP contribution is 2.32. The molecule has 0 saturated carbocycles. The van der Waals surface area contributed by atoms with Gasteiger partial charge in [-0.05, 0) is 12.8 Å². The molecule has 136 valence electrons. The second kappa shape index (κ2) is 9.51. The van der Waals surface area contributed by atoms with Crippen LogP contribution in [-0.4, -0.2) is 73.4 Å². The van der Waals surface area contributed by atoms with Gasteiger partial charge in [-0.1, -0.05) is 25.7 Å². The highest BCUT2D eigenvalue weighted by molar-refractivity contribution is 5.66. The van der Waals surface area contributed by atoms with Crippen molar-refractivity contribution in [3.05, 3.63) is 0 Å². The van der Waals surface area contributed by atoms with Gasteiger partial charge in [0.15, 0.2) is 5.79 Å². The Morgan fingerprint density at radius 2 is 1.52 bits per heavy atom. The zero-order chi connectivity index (χ0) is 17.5. The van der Waals surface area contributed by atoms with E-state index in [4.69, 9.17) is 14.9 Å². The number of carbonyl (C=O) groups is 1. The number of hydrogen-bond acceptors (Lipinski definition) is 7. The van der Waals surface area contributed by atoms with Crippen molar-refractivity contribution in [3.8, 4) is 0 Å². The molecular weight excluding hydrogens is 308 g/mol. The first kappa shape index (κ1) is 20.3. The van der Waals surface area contributed by atoms with Gasteiger partial charge < -0.3 is 35.4 Å². The van der Waals surface area contributed by atoms with Crippen LogP contribution in [0, 0.1) is 0 Å². The van der Waals surface area contributed by atoms with E-state index in [2.05, 4.69) is 0 Å². The summed E-state index contributed by atoms with van der Waals surface area (Å²) in [6, 6.07) is 0. The Balaban J connectivity index is 2.28. The van der Waals surface area contributed by atoms with E-state index < -0.39 is 42.8 Å². The number of aliphatic hydroxyl groups excluding tert-OH is 4. The SMILES string of the molecule is O=C(O)CCCCCCCC[C@@]1(O)O[C@H](CO)[C@H](O)[C@H](O)[C@H]1O. The predicted molar refractivity (Wildman–Crippen MR) is 79.5 cm³/mol. The minimum Gasteiger partial charge on any atom is -0.481 e. The Kier molecular flexibility index (Phi) is 8.38. The lowest BCUT2D eigenvalue weighted by Gasteiger charge is -2.45. The van der Waals surface area contributed by atoms with Crippen LogP contribution in [0.1, 0.15) is 51.4 Å². The summed E-state index contributed by atoms with van der Waals surface area (Å²) in [4.78, 5) is 10.4. The molecule has 0 bridgehead atoms. The number of aliphatic carboxylic acids is 1. The minimum absolute atomic E-state index is 0.0730. The molecule has 1 fully saturated rings. The molecule has 6 N–H and O–H groups in total. The first-order chi connectivity index (χ1) is 10.8. The molecule has 5 atom stereocenters. The smallest absolute Gasteiger partial charge is 0.303 e. The standard InChI is InChI=1S/C15H28O8/c16-9-10-12(19)13(20)14(21)15(22,23-10)8-6-4-2-1-3-5-7-11(17)18/h10,12-14,16,19-22H,1-9H2,(H,17,18)/t10-,12+,13+,14-,15-/m1/s1. The molecule has 1 aliphatic rings. The van der Waals surface area contributed by atoms with Crippen LogP contribution in [0.5, 0.6) is 0 Å². The zero-order valence-corrected chi connectivity index (χ0v) is 13.2. The molecule has 0 amide bonds. The molecule has 0 aromatic carbocycles. The van der Waals surface area contributed by atoms with Gasteiger partial charge in [0.05, 0.1) is 6.61 Å². The largest absolute Gasteiger partial charge is 0.481 e. The molecule has 0 unspecified atom stereocenters. The van der Waals surface area contributed by atoms with Crippen molar-refractivity contribution in [3.63, 3.8) is 0 Å². The lowest BCUT2D eigenvalue weighted by atomic mass is 9.89. The number of ether oxygens (including phenoxy) is 1. The lowest BCUT2D eigenvalue weighted by Crippen LogP contribution is -2.65. The maximum absolute atomic E-state index is 10.4. The van der Waals surface area contributed by atoms with E-state index in [0.717, 1.165) is 25.7 Å². The number of carboxylic acids is 1. The van der Waals surface area contributed by atoms with E-state index >= 15 is 0 Å². The molecule has 1 saturated heterocycles. The summed E-state index contributed by atoms with van der Waals surface area (Å²) in [5.74, 6) is -2.79. The van der Waals surface area contributed by atoms with Crippen LogP contribution in [0.2, 0.25) is 0 Å². The Bertz CT molecular complexity index is 361. The number of carboxylic acid groups (broad SMARTS) is 1. The van der Waals surface area contributed by atoms with Crippen molar-refractivity contribution in [1.82, 2.24) is 0 Å². The van der Waals surface area contributed by atoms with Gasteiger partial charge in [0.1, 0.15) is 24.4 Å². The summed E-state index contributed by atoms with van der Waals surface area (Å²) < 4.78 is 5.17. The number of rotatable bonds is 10. The summed E-state index contributed by atoms with van der Waals surface area (Å²) in [7, 11) is 0. The normalized spacial score (nSPS) is 34.5. The third-order valence-electron chi connectivity index (χ3n) is 4.23. The van der Waals surface area contributed by atoms with Crippen LogP contribution in [0.3, 0.4) is 0 Å². The molecule has 0 radical (unpaired) electrons. The highest BCUT2D eigenvalue weighted by Gasteiger charge is 2.51. The number of unbranched alkanes of at least 4 members (excludes halogenated alkanes) is 5. The van der Waals surface area contributed by atoms with Gasteiger partial charge in [-0.3, -0.25) is 4.79 Å². The van der Waals surface area contributed by atoms with E-state index in [1.54, 1.807) is 0 Å². The van der Waals surface area contributed by atoms with Crippen molar-refractivity contribution in [2.75, 3.05) is 6.61 Å². The van der Waals surface area contributed by atoms with Gasteiger partial charge in [0.25, 0.3) is 0 Å². The fraction of sp³-hybridized carbons (Fsp3) is 0.933. The summed E-state index contributed by atoms with van der Waals surface area (Å²) in [6.07, 6.45) is -1.07. The molecule has 8 heteroatoms. The van der Waals surface area contributed by atoms with E-state index in [9.17, 15) is 25.2 Å². The summed E-state index contributed by atoms with van der Waals surface area (Å²) in [5, 5.41) is 57.2. The monoisotopic (exact) mass is 336 g/mol. The molecule has 0 spiro atoms. The first-order valence-corrected chi connectivity index (χ1v) is 8.09. The third kappa shape index (κ3) is 5.98. The van der Waals surface area contributed by atoms with Gasteiger partial charge in [0, 0.05) is 12.8 Å². The Morgan fingerprint density at radius 3 is 2.09 bits per heavy atom. The predicted octanol–water partition coefficient (Wildman–Crippen LogP) is -0.646. The summed E-state index contributed by atoms with van der Waals surface area (Å²) >= 11 is 0. The van der Waals surface area contributed by atoms with Crippen molar-refractivity contribution in [2.24, 2.45) is 0 Å². The van der Waals surface area contributed by atoms with Crippen molar-refractivity contribution < 1.29 is 40.2 Å². The fourth-order valence-corrected chi connectivity index (χ4v) is 2.79. The molecule has 23 heavy (non-hydrogen) atoms. The maximum Gasteiger partial charge on any atom is 0.303 e. The van der Waals surface area contributed by atoms with Gasteiger partial charge in [-0.25, -0.2) is 0 Å². The van der Waals surface area contributed by atoms with Crippen LogP contribution in [0.15, 0.2) is 0 Å². The summed E-state index contributed by atoms with van der Waals surface area (Å²) in [5.41, 5.74) is 0. The van der Waals surface area contributed by atoms with Gasteiger partial charge in [0.2, 0.25) is 0 Å². The third-order valence-corrected chi connectivity index (χ3v) is 4.23. The summed E-state index contributed by atoms with van der Waals surface area (Å²) in [6.45, 7) is -0.573. The van der Waals surface area contributed by atoms with Gasteiger partial charge in [-0.15, -0.1) is 0 Å². The van der Waals surface area contributed by atoms with Crippen molar-refractivity contribution >= 4 is 5.97 Å². The van der Waals surface area contributed by atoms with E-state index in [1.165, 1.54) is 0 Å². The minimum atomic E-state index is -1.99. The van der Waals surface area contributed by atoms with Gasteiger partial charge >= 0.3 is 5.97 Å². The van der Waals surface area contributed by atoms with Crippen LogP contribution in [-0.2, 0) is 9.53 Å². The molecule has 1 aliphatic heterocycles. The Hall–Kier alpha value is -0.770. The molecule has 0 aliphatic carbocycles. The van der Waals surface area contributed by atoms with Crippen LogP contribution >= 0.6 is 0 Å².